The Morgan fingerprint density at radius 2 is 1.89 bits per heavy atom. The van der Waals surface area contributed by atoms with E-state index in [1.165, 1.54) is 6.07 Å². The Morgan fingerprint density at radius 3 is 2.47 bits per heavy atom. The molecular formula is C12H17FN2O3S. The van der Waals surface area contributed by atoms with Gasteiger partial charge in [0.25, 0.3) is 0 Å². The number of nitrogens with two attached hydrogens (primary N) is 1. The van der Waals surface area contributed by atoms with Gasteiger partial charge in [-0.2, -0.15) is 0 Å². The molecule has 7 heteroatoms. The summed E-state index contributed by atoms with van der Waals surface area (Å²) in [6.07, 6.45) is 2.01. The zero-order chi connectivity index (χ0) is 14.0. The number of hydrogen-bond acceptors (Lipinski definition) is 4. The van der Waals surface area contributed by atoms with Gasteiger partial charge in [0.2, 0.25) is 10.0 Å². The van der Waals surface area contributed by atoms with Crippen LogP contribution in [0.1, 0.15) is 25.7 Å². The molecule has 4 N–H and O–H groups in total. The van der Waals surface area contributed by atoms with Crippen molar-refractivity contribution in [2.24, 2.45) is 0 Å². The molecule has 2 rings (SSSR count). The smallest absolute Gasteiger partial charge is 0.240 e. The summed E-state index contributed by atoms with van der Waals surface area (Å²) in [4.78, 5) is -0.0440. The van der Waals surface area contributed by atoms with Crippen LogP contribution in [0.5, 0.6) is 0 Å². The van der Waals surface area contributed by atoms with Gasteiger partial charge in [-0.1, -0.05) is 0 Å². The number of halogens is 1. The Morgan fingerprint density at radius 1 is 1.26 bits per heavy atom. The Bertz CT molecular complexity index is 554. The van der Waals surface area contributed by atoms with Gasteiger partial charge in [0.15, 0.2) is 0 Å². The van der Waals surface area contributed by atoms with Gasteiger partial charge < -0.3 is 10.8 Å². The summed E-state index contributed by atoms with van der Waals surface area (Å²) in [5.41, 5.74) is 5.18. The minimum Gasteiger partial charge on any atom is -0.396 e. The first-order valence-corrected chi connectivity index (χ1v) is 7.62. The number of sulfonamides is 1. The minimum absolute atomic E-state index is 0.0440. The van der Waals surface area contributed by atoms with Crippen LogP contribution in [0.15, 0.2) is 23.1 Å². The summed E-state index contributed by atoms with van der Waals surface area (Å²) in [6.45, 7) is 0. The predicted octanol–water partition coefficient (Wildman–Crippen LogP) is 0.990. The number of hydrogen-bond donors (Lipinski definition) is 3. The Hall–Kier alpha value is -1.18. The lowest BCUT2D eigenvalue weighted by Gasteiger charge is -2.26. The first-order chi connectivity index (χ1) is 8.88. The number of benzene rings is 1. The molecule has 1 aromatic carbocycles. The quantitative estimate of drug-likeness (QED) is 0.723. The molecular weight excluding hydrogens is 271 g/mol. The standard InChI is InChI=1S/C12H17FN2O3S/c13-11-6-5-10(7-12(11)14)19(17,18)15-8-1-3-9(16)4-2-8/h5-9,15-16H,1-4,14H2. The third kappa shape index (κ3) is 3.43. The molecule has 1 aliphatic carbocycles. The summed E-state index contributed by atoms with van der Waals surface area (Å²) < 4.78 is 39.8. The zero-order valence-electron chi connectivity index (χ0n) is 10.3. The van der Waals surface area contributed by atoms with Gasteiger partial charge >= 0.3 is 0 Å². The van der Waals surface area contributed by atoms with E-state index in [0.29, 0.717) is 25.7 Å². The lowest BCUT2D eigenvalue weighted by molar-refractivity contribution is 0.120. The van der Waals surface area contributed by atoms with Crippen molar-refractivity contribution in [2.75, 3.05) is 5.73 Å². The third-order valence-corrected chi connectivity index (χ3v) is 4.81. The van der Waals surface area contributed by atoms with Crippen LogP contribution in [0.2, 0.25) is 0 Å². The van der Waals surface area contributed by atoms with E-state index in [9.17, 15) is 17.9 Å². The molecule has 1 aromatic rings. The van der Waals surface area contributed by atoms with Crippen molar-refractivity contribution in [3.05, 3.63) is 24.0 Å². The topological polar surface area (TPSA) is 92.4 Å². The highest BCUT2D eigenvalue weighted by atomic mass is 32.2. The normalized spacial score (nSPS) is 24.3. The maximum absolute atomic E-state index is 13.0. The van der Waals surface area contributed by atoms with Gasteiger partial charge in [0.1, 0.15) is 5.82 Å². The van der Waals surface area contributed by atoms with Gasteiger partial charge in [-0.15, -0.1) is 0 Å². The van der Waals surface area contributed by atoms with Gasteiger partial charge in [0, 0.05) is 6.04 Å². The van der Waals surface area contributed by atoms with E-state index in [-0.39, 0.29) is 22.7 Å². The van der Waals surface area contributed by atoms with Crippen LogP contribution < -0.4 is 10.5 Å². The third-order valence-electron chi connectivity index (χ3n) is 3.30. The fraction of sp³-hybridized carbons (Fsp3) is 0.500. The average Bonchev–Trinajstić information content (AvgIpc) is 2.35. The first kappa shape index (κ1) is 14.2. The molecule has 5 nitrogen and oxygen atoms in total. The molecule has 19 heavy (non-hydrogen) atoms. The second-order valence-electron chi connectivity index (χ2n) is 4.81. The largest absolute Gasteiger partial charge is 0.396 e. The molecule has 1 fully saturated rings. The van der Waals surface area contributed by atoms with E-state index in [4.69, 9.17) is 5.73 Å². The fourth-order valence-corrected chi connectivity index (χ4v) is 3.51. The number of nitrogens with one attached hydrogen (secondary N) is 1. The van der Waals surface area contributed by atoms with Crippen LogP contribution in [0.4, 0.5) is 10.1 Å². The number of aliphatic hydroxyl groups excluding tert-OH is 1. The maximum atomic E-state index is 13.0. The second kappa shape index (κ2) is 5.44. The van der Waals surface area contributed by atoms with Crippen molar-refractivity contribution in [3.63, 3.8) is 0 Å². The van der Waals surface area contributed by atoms with Crippen LogP contribution in [-0.2, 0) is 10.0 Å². The Balaban J connectivity index is 2.11. The second-order valence-corrected chi connectivity index (χ2v) is 6.52. The number of anilines is 1. The zero-order valence-corrected chi connectivity index (χ0v) is 11.2. The molecule has 0 spiro atoms. The SMILES string of the molecule is Nc1cc(S(=O)(=O)NC2CCC(O)CC2)ccc1F. The van der Waals surface area contributed by atoms with E-state index in [0.717, 1.165) is 12.1 Å². The van der Waals surface area contributed by atoms with E-state index in [1.807, 2.05) is 0 Å². The summed E-state index contributed by atoms with van der Waals surface area (Å²) >= 11 is 0. The summed E-state index contributed by atoms with van der Waals surface area (Å²) in [6, 6.07) is 3.13. The Labute approximate surface area is 111 Å². The molecule has 0 radical (unpaired) electrons. The van der Waals surface area contributed by atoms with Crippen LogP contribution in [0.25, 0.3) is 0 Å². The predicted molar refractivity (Wildman–Crippen MR) is 69.4 cm³/mol. The highest BCUT2D eigenvalue weighted by Gasteiger charge is 2.25. The molecule has 1 saturated carbocycles. The lowest BCUT2D eigenvalue weighted by Crippen LogP contribution is -2.38. The summed E-state index contributed by atoms with van der Waals surface area (Å²) in [7, 11) is -3.69. The minimum atomic E-state index is -3.69. The van der Waals surface area contributed by atoms with Crippen molar-refractivity contribution in [2.45, 2.75) is 42.7 Å². The number of nitrogen functional groups attached to an aromatic ring is 1. The number of aliphatic hydroxyl groups is 1. The average molecular weight is 288 g/mol. The van der Waals surface area contributed by atoms with Gasteiger partial charge in [-0.25, -0.2) is 17.5 Å². The highest BCUT2D eigenvalue weighted by Crippen LogP contribution is 2.22. The van der Waals surface area contributed by atoms with Crippen molar-refractivity contribution in [1.29, 1.82) is 0 Å². The van der Waals surface area contributed by atoms with E-state index >= 15 is 0 Å². The van der Waals surface area contributed by atoms with E-state index < -0.39 is 15.8 Å². The molecule has 1 aliphatic rings. The molecule has 0 atom stereocenters. The summed E-state index contributed by atoms with van der Waals surface area (Å²) in [5.74, 6) is -0.639. The molecule has 0 bridgehead atoms. The van der Waals surface area contributed by atoms with Gasteiger partial charge in [-0.05, 0) is 43.9 Å². The highest BCUT2D eigenvalue weighted by molar-refractivity contribution is 7.89. The maximum Gasteiger partial charge on any atom is 0.240 e. The summed E-state index contributed by atoms with van der Waals surface area (Å²) in [5, 5.41) is 9.37. The van der Waals surface area contributed by atoms with Crippen molar-refractivity contribution < 1.29 is 17.9 Å². The van der Waals surface area contributed by atoms with E-state index in [1.54, 1.807) is 0 Å². The van der Waals surface area contributed by atoms with Crippen LogP contribution >= 0.6 is 0 Å². The van der Waals surface area contributed by atoms with Crippen LogP contribution in [-0.4, -0.2) is 25.7 Å². The molecule has 0 amide bonds. The van der Waals surface area contributed by atoms with Gasteiger partial charge in [-0.3, -0.25) is 0 Å². The molecule has 106 valence electrons. The molecule has 0 aliphatic heterocycles. The van der Waals surface area contributed by atoms with Crippen LogP contribution in [0, 0.1) is 5.82 Å². The van der Waals surface area contributed by atoms with Crippen molar-refractivity contribution in [1.82, 2.24) is 4.72 Å². The van der Waals surface area contributed by atoms with Crippen LogP contribution in [0.3, 0.4) is 0 Å². The van der Waals surface area contributed by atoms with Crippen molar-refractivity contribution >= 4 is 15.7 Å². The van der Waals surface area contributed by atoms with Crippen molar-refractivity contribution in [3.8, 4) is 0 Å². The molecule has 0 aromatic heterocycles. The molecule has 0 unspecified atom stereocenters. The first-order valence-electron chi connectivity index (χ1n) is 6.14. The van der Waals surface area contributed by atoms with Gasteiger partial charge in [0.05, 0.1) is 16.7 Å². The fourth-order valence-electron chi connectivity index (χ4n) is 2.17. The van der Waals surface area contributed by atoms with E-state index in [2.05, 4.69) is 4.72 Å². The Kier molecular flexibility index (Phi) is 4.07. The lowest BCUT2D eigenvalue weighted by atomic mass is 9.94. The number of rotatable bonds is 3. The molecule has 0 saturated heterocycles. The molecule has 0 heterocycles. The monoisotopic (exact) mass is 288 g/mol.